The van der Waals surface area contributed by atoms with Gasteiger partial charge in [0.1, 0.15) is 22.4 Å². The molecule has 40 heavy (non-hydrogen) atoms. The molecule has 1 aliphatic carbocycles. The van der Waals surface area contributed by atoms with Gasteiger partial charge in [-0.3, -0.25) is 9.62 Å². The van der Waals surface area contributed by atoms with E-state index in [0.29, 0.717) is 48.3 Å². The Labute approximate surface area is 229 Å². The number of carboxylic acid groups (broad SMARTS) is 1. The Morgan fingerprint density at radius 2 is 2.05 bits per heavy atom. The zero-order valence-electron chi connectivity index (χ0n) is 21.6. The first kappa shape index (κ1) is 26.5. The highest BCUT2D eigenvalue weighted by atomic mass is 32.2. The van der Waals surface area contributed by atoms with Crippen LogP contribution in [-0.4, -0.2) is 72.6 Å². The molecule has 2 aliphatic heterocycles. The first-order valence-corrected chi connectivity index (χ1v) is 14.5. The van der Waals surface area contributed by atoms with Crippen molar-refractivity contribution in [2.75, 3.05) is 31.0 Å². The number of aromatic carboxylic acids is 1. The Morgan fingerprint density at radius 1 is 1.30 bits per heavy atom. The van der Waals surface area contributed by atoms with E-state index < -0.39 is 44.8 Å². The van der Waals surface area contributed by atoms with Crippen molar-refractivity contribution in [3.05, 3.63) is 53.5 Å². The van der Waals surface area contributed by atoms with Crippen LogP contribution >= 0.6 is 0 Å². The van der Waals surface area contributed by atoms with Crippen LogP contribution in [0.3, 0.4) is 0 Å². The van der Waals surface area contributed by atoms with Crippen LogP contribution in [0.4, 0.5) is 14.9 Å². The summed E-state index contributed by atoms with van der Waals surface area (Å²) in [5.74, 6) is -1.77. The van der Waals surface area contributed by atoms with Crippen LogP contribution in [0.2, 0.25) is 0 Å². The number of halogens is 1. The second-order valence-electron chi connectivity index (χ2n) is 10.8. The Balaban J connectivity index is 1.35. The number of sulfonamides is 1. The lowest BCUT2D eigenvalue weighted by Crippen LogP contribution is -2.49. The number of benzene rings is 2. The molecule has 1 saturated carbocycles. The zero-order chi connectivity index (χ0) is 28.4. The average molecular weight is 573 g/mol. The number of hydrogen-bond donors (Lipinski definition) is 4. The summed E-state index contributed by atoms with van der Waals surface area (Å²) in [6, 6.07) is 8.68. The third-order valence-corrected chi connectivity index (χ3v) is 9.86. The molecular weight excluding hydrogens is 543 g/mol. The Kier molecular flexibility index (Phi) is 6.28. The molecule has 1 atom stereocenters. The predicted octanol–water partition coefficient (Wildman–Crippen LogP) is 3.43. The van der Waals surface area contributed by atoms with Gasteiger partial charge in [-0.15, -0.1) is 0 Å². The maximum absolute atomic E-state index is 15.1. The first-order valence-electron chi connectivity index (χ1n) is 13.0. The molecule has 13 heteroatoms. The minimum Gasteiger partial charge on any atom is -0.477 e. The molecule has 5 N–H and O–H groups in total. The highest BCUT2D eigenvalue weighted by Crippen LogP contribution is 2.47. The number of aromatic nitrogens is 1. The molecule has 0 unspecified atom stereocenters. The summed E-state index contributed by atoms with van der Waals surface area (Å²) in [5, 5.41) is 9.78. The van der Waals surface area contributed by atoms with Gasteiger partial charge in [-0.05, 0) is 55.5 Å². The van der Waals surface area contributed by atoms with Gasteiger partial charge in [0, 0.05) is 10.9 Å². The number of anilines is 1. The number of fused-ring (bicyclic) bond motifs is 1. The van der Waals surface area contributed by atoms with Gasteiger partial charge in [-0.1, -0.05) is 24.3 Å². The molecular formula is C27H29FN4O7S. The maximum Gasteiger partial charge on any atom is 0.411 e. The number of rotatable bonds is 8. The molecule has 3 aromatic rings. The highest BCUT2D eigenvalue weighted by molar-refractivity contribution is 7.93. The number of ether oxygens (including phenoxy) is 2. The van der Waals surface area contributed by atoms with E-state index in [2.05, 4.69) is 9.71 Å². The maximum atomic E-state index is 15.1. The molecule has 0 radical (unpaired) electrons. The Hall–Kier alpha value is -3.68. The molecule has 3 heterocycles. The number of para-hydroxylation sites is 1. The van der Waals surface area contributed by atoms with E-state index in [0.717, 1.165) is 6.07 Å². The number of carboxylic acids is 1. The number of hydrogen-bond acceptors (Lipinski definition) is 7. The summed E-state index contributed by atoms with van der Waals surface area (Å²) < 4.78 is 52.9. The molecule has 2 aromatic carbocycles. The van der Waals surface area contributed by atoms with Crippen LogP contribution in [0.25, 0.3) is 22.0 Å². The molecule has 6 rings (SSSR count). The third kappa shape index (κ3) is 4.28. The van der Waals surface area contributed by atoms with Gasteiger partial charge < -0.3 is 25.3 Å². The van der Waals surface area contributed by atoms with E-state index in [-0.39, 0.29) is 35.7 Å². The highest BCUT2D eigenvalue weighted by Gasteiger charge is 2.54. The number of H-pyrrole nitrogens is 1. The third-order valence-electron chi connectivity index (χ3n) is 8.21. The van der Waals surface area contributed by atoms with Crippen molar-refractivity contribution < 1.29 is 37.0 Å². The van der Waals surface area contributed by atoms with E-state index in [1.54, 1.807) is 17.0 Å². The number of nitrogens with one attached hydrogen (secondary N) is 2. The fourth-order valence-corrected chi connectivity index (χ4v) is 7.11. The number of carbonyl (C=O) groups is 2. The van der Waals surface area contributed by atoms with Crippen LogP contribution < -0.4 is 10.5 Å². The molecule has 11 nitrogen and oxygen atoms in total. The molecule has 1 aromatic heterocycles. The smallest absolute Gasteiger partial charge is 0.411 e. The van der Waals surface area contributed by atoms with Gasteiger partial charge in [0.25, 0.3) is 0 Å². The summed E-state index contributed by atoms with van der Waals surface area (Å²) >= 11 is 0. The van der Waals surface area contributed by atoms with Crippen LogP contribution in [0.5, 0.6) is 0 Å². The Morgan fingerprint density at radius 3 is 2.67 bits per heavy atom. The van der Waals surface area contributed by atoms with Crippen LogP contribution in [0.15, 0.2) is 36.4 Å². The molecule has 0 bridgehead atoms. The summed E-state index contributed by atoms with van der Waals surface area (Å²) in [6.07, 6.45) is 0.994. The van der Waals surface area contributed by atoms with Crippen molar-refractivity contribution in [3.63, 3.8) is 0 Å². The quantitative estimate of drug-likeness (QED) is 0.319. The van der Waals surface area contributed by atoms with Crippen molar-refractivity contribution >= 4 is 38.7 Å². The lowest BCUT2D eigenvalue weighted by molar-refractivity contribution is -0.0439. The number of amides is 1. The fourth-order valence-electron chi connectivity index (χ4n) is 5.92. The minimum absolute atomic E-state index is 0.0391. The number of nitrogens with two attached hydrogens (primary N) is 1. The average Bonchev–Trinajstić information content (AvgIpc) is 3.41. The van der Waals surface area contributed by atoms with Crippen molar-refractivity contribution in [2.45, 2.75) is 36.7 Å². The van der Waals surface area contributed by atoms with E-state index >= 15 is 4.39 Å². The van der Waals surface area contributed by atoms with Gasteiger partial charge >= 0.3 is 12.1 Å². The Bertz CT molecular complexity index is 1630. The summed E-state index contributed by atoms with van der Waals surface area (Å²) in [4.78, 5) is 29.7. The molecule has 1 amide bonds. The number of carbonyl (C=O) groups excluding carboxylic acids is 1. The van der Waals surface area contributed by atoms with Gasteiger partial charge in [0.15, 0.2) is 0 Å². The SMILES string of the molecule is C[C@@H](c1cccc2c(-c3ccc(NS(=O)(=O)C4COC4)c(F)c3)c(C(=O)O)[nH]c12)N1CC2(CC(CN)C2)OC1=O. The second kappa shape index (κ2) is 9.46. The second-order valence-corrected chi connectivity index (χ2v) is 12.8. The van der Waals surface area contributed by atoms with Crippen molar-refractivity contribution in [2.24, 2.45) is 11.7 Å². The molecule has 212 valence electrons. The predicted molar refractivity (Wildman–Crippen MR) is 144 cm³/mol. The fraction of sp³-hybridized carbons (Fsp3) is 0.407. The monoisotopic (exact) mass is 572 g/mol. The van der Waals surface area contributed by atoms with Gasteiger partial charge in [-0.25, -0.2) is 22.4 Å². The van der Waals surface area contributed by atoms with Gasteiger partial charge in [-0.2, -0.15) is 0 Å². The number of aromatic amines is 1. The standard InChI is InChI=1S/C27H29FN4O7S/c1-14(32-13-27(39-26(32)35)8-15(9-27)10-29)18-3-2-4-19-22(24(25(33)34)30-23(18)19)16-5-6-21(20(28)7-16)31-40(36,37)17-11-38-12-17/h2-7,14-15,17,30-31H,8-13,29H2,1H3,(H,33,34)/t14-,15?,27?/m0/s1. The summed E-state index contributed by atoms with van der Waals surface area (Å²) in [7, 11) is -3.82. The lowest BCUT2D eigenvalue weighted by Gasteiger charge is -2.42. The van der Waals surface area contributed by atoms with Gasteiger partial charge in [0.2, 0.25) is 10.0 Å². The van der Waals surface area contributed by atoms with E-state index in [1.807, 2.05) is 13.0 Å². The van der Waals surface area contributed by atoms with E-state index in [4.69, 9.17) is 15.2 Å². The summed E-state index contributed by atoms with van der Waals surface area (Å²) in [6.45, 7) is 2.88. The van der Waals surface area contributed by atoms with Crippen molar-refractivity contribution in [1.82, 2.24) is 9.88 Å². The number of nitrogens with zero attached hydrogens (tertiary/aromatic N) is 1. The minimum atomic E-state index is -3.82. The summed E-state index contributed by atoms with van der Waals surface area (Å²) in [5.41, 5.74) is 6.51. The molecule has 2 saturated heterocycles. The van der Waals surface area contributed by atoms with Crippen molar-refractivity contribution in [3.8, 4) is 11.1 Å². The van der Waals surface area contributed by atoms with E-state index in [9.17, 15) is 23.1 Å². The topological polar surface area (TPSA) is 164 Å². The van der Waals surface area contributed by atoms with Crippen LogP contribution in [-0.2, 0) is 19.5 Å². The lowest BCUT2D eigenvalue weighted by atomic mass is 9.71. The molecule has 1 spiro atoms. The first-order chi connectivity index (χ1) is 19.0. The van der Waals surface area contributed by atoms with Crippen LogP contribution in [0, 0.1) is 11.7 Å². The largest absolute Gasteiger partial charge is 0.477 e. The van der Waals surface area contributed by atoms with Gasteiger partial charge in [0.05, 0.1) is 37.0 Å². The van der Waals surface area contributed by atoms with E-state index in [1.165, 1.54) is 12.1 Å². The normalized spacial score (nSPS) is 23.6. The van der Waals surface area contributed by atoms with Crippen LogP contribution in [0.1, 0.15) is 41.9 Å². The van der Waals surface area contributed by atoms with Crippen molar-refractivity contribution in [1.29, 1.82) is 0 Å². The zero-order valence-corrected chi connectivity index (χ0v) is 22.5. The molecule has 3 aliphatic rings. The molecule has 3 fully saturated rings.